The number of aryl methyl sites for hydroxylation is 8. The van der Waals surface area contributed by atoms with Crippen LogP contribution in [0.25, 0.3) is 125 Å². The van der Waals surface area contributed by atoms with Gasteiger partial charge in [0.05, 0.1) is 13.2 Å². The van der Waals surface area contributed by atoms with Gasteiger partial charge in [-0.15, -0.1) is 0 Å². The summed E-state index contributed by atoms with van der Waals surface area (Å²) in [4.78, 5) is 19.8. The number of aromatic hydroxyl groups is 1. The standard InChI is InChI=1S/C33H35O3S.C31H33O2S.C21H19OS.C20H16OS.C18H13S/c1-20-12-26(37-29-10-6-4-8-27(29)28-9-5-7-11-30(28)37)13-21(2)32(20)35-19-31(34)36-33(3)24-15-22-14-23(17-24)18-25(33)16-22;1-19-11-25(34-28-9-5-3-7-26(28)27-8-4-6-10-29(27)34)12-20(2)30(19)32-18-33-31-23-14-21-13-22(16-23)17-24(31)15-21;1-14-12-16(13-15(2)21(14)22-3)23-19-10-6-4-8-17(19)18-9-5-7-11-20(18)23;1-13-11-15(12-14(2)20(13)21)22-18-9-5-3-7-16(18)17-8-4-6-10-19(17)22;1-2-8-14(9-3-1)19-17-12-6-4-10-15(17)16-11-5-7-13-18(16)19/h4-13,22-25H,14-19H2,1-3H3;3-12,21-24,31H,13-18H2,1-2H3;4-13H,1-3H3;3-12H,1-2H3;1-13H/q3*+1;;+1/p+1. The first kappa shape index (κ1) is 88.3. The maximum Gasteiger partial charge on any atom is 0.344 e. The van der Waals surface area contributed by atoms with E-state index >= 15 is 0 Å². The molecular weight excluding hydrogens is 1750 g/mol. The van der Waals surface area contributed by atoms with Crippen molar-refractivity contribution in [3.63, 3.8) is 0 Å². The number of hydrogen-bond donors (Lipinski definition) is 1. The van der Waals surface area contributed by atoms with Crippen LogP contribution in [0.2, 0.25) is 0 Å². The monoisotopic (exact) mass is 1870 g/mol. The summed E-state index contributed by atoms with van der Waals surface area (Å²) in [5.41, 5.74) is 8.54. The van der Waals surface area contributed by atoms with Crippen LogP contribution in [0.4, 0.5) is 0 Å². The lowest BCUT2D eigenvalue weighted by Gasteiger charge is -2.59. The van der Waals surface area contributed by atoms with E-state index in [0.717, 1.165) is 75.0 Å². The van der Waals surface area contributed by atoms with Crippen molar-refractivity contribution in [1.29, 1.82) is 0 Å². The molecule has 28 rings (SSSR count). The van der Waals surface area contributed by atoms with Crippen molar-refractivity contribution in [2.75, 3.05) is 20.5 Å². The highest BCUT2D eigenvalue weighted by molar-refractivity contribution is 7.52. The molecule has 0 radical (unpaired) electrons. The van der Waals surface area contributed by atoms with Gasteiger partial charge in [0, 0.05) is 155 Å². The second-order valence-corrected chi connectivity index (χ2v) is 49.0. The van der Waals surface area contributed by atoms with Crippen molar-refractivity contribution in [1.82, 2.24) is 0 Å². The van der Waals surface area contributed by atoms with Crippen molar-refractivity contribution in [2.24, 2.45) is 47.3 Å². The number of methoxy groups -OCH3 is 1. The lowest BCUT2D eigenvalue weighted by molar-refractivity contribution is -0.204. The highest BCUT2D eigenvalue weighted by Gasteiger charge is 2.57. The lowest BCUT2D eigenvalue weighted by Crippen LogP contribution is -2.58. The number of carbonyl (C=O) groups is 1. The smallest absolute Gasteiger partial charge is 0.344 e. The molecule has 20 aromatic rings. The van der Waals surface area contributed by atoms with E-state index in [1.54, 1.807) is 7.11 Å². The van der Waals surface area contributed by atoms with Crippen molar-refractivity contribution < 1.29 is 33.6 Å². The molecule has 1 N–H and O–H groups in total. The number of esters is 1. The van der Waals surface area contributed by atoms with E-state index in [9.17, 15) is 9.90 Å². The fraction of sp³-hybridized carbons (Fsp3) is 0.260. The molecule has 8 aliphatic carbocycles. The van der Waals surface area contributed by atoms with Crippen molar-refractivity contribution >= 4 is 159 Å². The van der Waals surface area contributed by atoms with Crippen molar-refractivity contribution in [3.05, 3.63) is 366 Å². The van der Waals surface area contributed by atoms with Gasteiger partial charge in [-0.2, -0.15) is 0 Å². The number of phenolic OH excluding ortho intramolecular Hbond substituents is 1. The fourth-order valence-corrected chi connectivity index (χ4v) is 37.6. The lowest BCUT2D eigenvalue weighted by atomic mass is 9.50. The van der Waals surface area contributed by atoms with Crippen LogP contribution >= 0.6 is 52.3 Å². The molecule has 8 aliphatic rings. The quantitative estimate of drug-likeness (QED) is 0.0660. The number of rotatable bonds is 14. The minimum Gasteiger partial charge on any atom is -0.507 e. The van der Waals surface area contributed by atoms with Crippen LogP contribution in [0.5, 0.6) is 23.0 Å². The van der Waals surface area contributed by atoms with Crippen LogP contribution in [0.3, 0.4) is 0 Å². The highest BCUT2D eigenvalue weighted by Crippen LogP contribution is 2.62. The zero-order valence-electron chi connectivity index (χ0n) is 78.7. The Morgan fingerprint density at radius 3 is 0.815 bits per heavy atom. The van der Waals surface area contributed by atoms with Gasteiger partial charge in [0.1, 0.15) is 28.6 Å². The predicted molar refractivity (Wildman–Crippen MR) is 577 cm³/mol. The minimum atomic E-state index is -0.313. The molecule has 0 saturated heterocycles. The zero-order chi connectivity index (χ0) is 92.0. The molecule has 0 atom stereocenters. The van der Waals surface area contributed by atoms with Crippen molar-refractivity contribution in [2.45, 2.75) is 138 Å². The Balaban J connectivity index is 0.000000100. The number of fused-ring (bicyclic) bond motifs is 15. The predicted octanol–water partition coefficient (Wildman–Crippen LogP) is 35.2. The van der Waals surface area contributed by atoms with E-state index in [1.165, 1.54) is 212 Å². The zero-order valence-corrected chi connectivity index (χ0v) is 82.8. The van der Waals surface area contributed by atoms with Gasteiger partial charge in [-0.25, -0.2) is 4.79 Å². The topological polar surface area (TPSA) is 83.5 Å². The molecule has 8 saturated carbocycles. The molecular formula is C123H117O7S5+5. The van der Waals surface area contributed by atoms with E-state index in [-0.39, 0.29) is 70.5 Å². The first-order valence-corrected chi connectivity index (χ1v) is 54.5. The van der Waals surface area contributed by atoms with E-state index in [1.807, 2.05) is 13.8 Å². The molecule has 0 spiro atoms. The summed E-state index contributed by atoms with van der Waals surface area (Å²) in [5.74, 6) is 9.24. The summed E-state index contributed by atoms with van der Waals surface area (Å²) in [5, 5.41) is 23.7. The van der Waals surface area contributed by atoms with Gasteiger partial charge in [0.2, 0.25) is 0 Å². The molecule has 676 valence electrons. The van der Waals surface area contributed by atoms with E-state index in [2.05, 4.69) is 370 Å². The average Bonchev–Trinajstić information content (AvgIpc) is 1.72. The van der Waals surface area contributed by atoms with Crippen LogP contribution in [0.1, 0.15) is 116 Å². The third kappa shape index (κ3) is 16.3. The largest absolute Gasteiger partial charge is 0.507 e. The maximum absolute atomic E-state index is 13.0. The molecule has 5 heterocycles. The van der Waals surface area contributed by atoms with Crippen molar-refractivity contribution in [3.8, 4) is 47.5 Å². The van der Waals surface area contributed by atoms with E-state index in [4.69, 9.17) is 23.7 Å². The molecule has 8 bridgehead atoms. The SMILES string of the molecule is COc1c(C)cc(-[s+]2c3ccccc3c3ccccc32)cc1C.Cc1cc(-[s+]2c3ccccc3c3ccccc32)cc(C)c1O.Cc1cc(-[s+]2c3ccccc3c3ccccc32)cc(C)c1OCC(=O)OC1(C)C2CC3CC(C2)CC1C3.Cc1cc(-[s+]2c3ccccc3c3ccccc32)cc(C)c1OCOC1C2CC3CC(C2)CC1C3.c1ccc(-[s+]2c3ccccc3c3ccccc32)cc1. The number of ether oxygens (including phenoxy) is 5. The van der Waals surface area contributed by atoms with Crippen LogP contribution < -0.4 is 14.2 Å². The van der Waals surface area contributed by atoms with Gasteiger partial charge >= 0.3 is 5.97 Å². The Kier molecular flexibility index (Phi) is 24.2. The highest BCUT2D eigenvalue weighted by atomic mass is 32.2. The number of benzene rings is 15. The third-order valence-electron chi connectivity index (χ3n) is 30.4. The van der Waals surface area contributed by atoms with Gasteiger partial charge in [-0.05, 0) is 352 Å². The normalized spacial score (nSPS) is 20.0. The summed E-state index contributed by atoms with van der Waals surface area (Å²) in [6, 6.07) is 117. The summed E-state index contributed by atoms with van der Waals surface area (Å²) >= 11 is 0. The summed E-state index contributed by atoms with van der Waals surface area (Å²) in [7, 11) is 1.49. The number of thiophene rings is 5. The Bertz CT molecular complexity index is 7540. The summed E-state index contributed by atoms with van der Waals surface area (Å²) in [6.45, 7) is 19.3. The van der Waals surface area contributed by atoms with Gasteiger partial charge in [-0.3, -0.25) is 0 Å². The molecule has 8 fully saturated rings. The Hall–Kier alpha value is -12.0. The molecule has 0 amide bonds. The average molecular weight is 1870 g/mol. The molecule has 5 aromatic heterocycles. The number of carbonyl (C=O) groups excluding carboxylic acids is 1. The Morgan fingerprint density at radius 2 is 0.533 bits per heavy atom. The number of phenols is 1. The first-order chi connectivity index (χ1) is 65.9. The second-order valence-electron chi connectivity index (χ2n) is 39.1. The van der Waals surface area contributed by atoms with Crippen LogP contribution in [-0.4, -0.2) is 43.3 Å². The number of hydrogen-bond acceptors (Lipinski definition) is 7. The van der Waals surface area contributed by atoms with Gasteiger partial charge < -0.3 is 28.8 Å². The van der Waals surface area contributed by atoms with Gasteiger partial charge in [-0.1, -0.05) is 140 Å². The van der Waals surface area contributed by atoms with Gasteiger partial charge in [0.25, 0.3) is 0 Å². The molecule has 135 heavy (non-hydrogen) atoms. The molecule has 7 nitrogen and oxygen atoms in total. The molecule has 0 aliphatic heterocycles. The molecule has 15 aromatic carbocycles. The summed E-state index contributed by atoms with van der Waals surface area (Å²) in [6.07, 6.45) is 13.7. The first-order valence-electron chi connectivity index (χ1n) is 48.3. The van der Waals surface area contributed by atoms with E-state index in [0.29, 0.717) is 30.5 Å². The Labute approximate surface area is 805 Å². The second kappa shape index (κ2) is 36.9. The molecule has 0 unspecified atom stereocenters. The van der Waals surface area contributed by atoms with Gasteiger partial charge in [0.15, 0.2) is 84.9 Å². The van der Waals surface area contributed by atoms with Crippen LogP contribution in [-0.2, 0) is 14.3 Å². The molecule has 12 heteroatoms. The van der Waals surface area contributed by atoms with Crippen LogP contribution in [0.15, 0.2) is 322 Å². The fourth-order valence-electron chi connectivity index (χ4n) is 25.0. The Morgan fingerprint density at radius 1 is 0.296 bits per heavy atom. The third-order valence-corrected chi connectivity index (χ3v) is 42.0. The minimum absolute atomic E-state index is 0.0269. The van der Waals surface area contributed by atoms with Crippen LogP contribution in [0, 0.1) is 103 Å². The summed E-state index contributed by atoms with van der Waals surface area (Å²) < 4.78 is 44.8. The maximum atomic E-state index is 13.0. The van der Waals surface area contributed by atoms with E-state index < -0.39 is 0 Å².